The first-order valence-electron chi connectivity index (χ1n) is 21.8. The summed E-state index contributed by atoms with van der Waals surface area (Å²) in [5.41, 5.74) is 0. The summed E-state index contributed by atoms with van der Waals surface area (Å²) >= 11 is 0. The molecule has 0 saturated carbocycles. The van der Waals surface area contributed by atoms with Crippen LogP contribution in [0.15, 0.2) is 30.3 Å². The molecule has 49 heavy (non-hydrogen) atoms. The predicted octanol–water partition coefficient (Wildman–Crippen LogP) is 15.6. The lowest BCUT2D eigenvalue weighted by Crippen LogP contribution is -2.16. The van der Waals surface area contributed by atoms with E-state index in [2.05, 4.69) is 20.8 Å². The average Bonchev–Trinajstić information content (AvgIpc) is 3.12. The number of ether oxygens (including phenoxy) is 1. The molecule has 1 aromatic rings. The van der Waals surface area contributed by atoms with Crippen molar-refractivity contribution < 1.29 is 18.3 Å². The van der Waals surface area contributed by atoms with E-state index in [1.165, 1.54) is 173 Å². The summed E-state index contributed by atoms with van der Waals surface area (Å²) in [5.74, 6) is 0.889. The van der Waals surface area contributed by atoms with Crippen molar-refractivity contribution in [3.63, 3.8) is 0 Å². The van der Waals surface area contributed by atoms with E-state index in [1.54, 1.807) is 0 Å². The fraction of sp³-hybridized carbons (Fsp3) is 0.864. The number of hydrogen-bond acceptors (Lipinski definition) is 4. The fourth-order valence-electron chi connectivity index (χ4n) is 6.54. The molecular weight excluding hydrogens is 623 g/mol. The summed E-state index contributed by atoms with van der Waals surface area (Å²) in [6.45, 7) is 9.40. The van der Waals surface area contributed by atoms with E-state index in [0.717, 1.165) is 44.4 Å². The zero-order valence-corrected chi connectivity index (χ0v) is 34.1. The molecule has 0 heterocycles. The van der Waals surface area contributed by atoms with Crippen LogP contribution >= 0.6 is 7.94 Å². The maximum Gasteiger partial charge on any atom is 0.411 e. The van der Waals surface area contributed by atoms with Crippen molar-refractivity contribution in [3.05, 3.63) is 30.3 Å². The Labute approximate surface area is 307 Å². The van der Waals surface area contributed by atoms with Crippen LogP contribution < -0.4 is 4.74 Å². The van der Waals surface area contributed by atoms with Gasteiger partial charge in [-0.3, -0.25) is 0 Å². The molecule has 0 radical (unpaired) electrons. The highest BCUT2D eigenvalue weighted by Gasteiger charge is 2.44. The van der Waals surface area contributed by atoms with E-state index in [0.29, 0.717) is 13.2 Å². The Morgan fingerprint density at radius 2 is 0.673 bits per heavy atom. The monoisotopic (exact) mass is 708 g/mol. The Hall–Kier alpha value is -0.670. The topological polar surface area (TPSA) is 36.9 Å². The molecule has 0 spiro atoms. The molecule has 288 valence electrons. The fourth-order valence-corrected chi connectivity index (χ4v) is 8.93. The Morgan fingerprint density at radius 1 is 0.347 bits per heavy atom. The molecule has 0 bridgehead atoms. The van der Waals surface area contributed by atoms with Crippen LogP contribution in [0.3, 0.4) is 0 Å². The predicted molar refractivity (Wildman–Crippen MR) is 217 cm³/mol. The molecule has 1 atom stereocenters. The van der Waals surface area contributed by atoms with Gasteiger partial charge in [-0.05, 0) is 37.8 Å². The first-order valence-corrected chi connectivity index (χ1v) is 23.5. The summed E-state index contributed by atoms with van der Waals surface area (Å²) in [6, 6.07) is 10.1. The van der Waals surface area contributed by atoms with Crippen LogP contribution in [0.1, 0.15) is 213 Å². The third-order valence-electron chi connectivity index (χ3n) is 9.74. The van der Waals surface area contributed by atoms with Gasteiger partial charge in [-0.1, -0.05) is 206 Å². The molecule has 0 N–H and O–H groups in total. The van der Waals surface area contributed by atoms with E-state index in [4.69, 9.17) is 18.3 Å². The summed E-state index contributed by atoms with van der Waals surface area (Å²) in [5, 5.41) is 0. The molecular formula is C44H84O4P+. The SMILES string of the molecule is CCCCCCCCCCCCCCCCCCO[P+](CCCCCCCCC)(OCCCCCCCCC)OCCOc1ccccc1. The third kappa shape index (κ3) is 30.6. The summed E-state index contributed by atoms with van der Waals surface area (Å²) in [7, 11) is -2.41. The summed E-state index contributed by atoms with van der Waals surface area (Å²) < 4.78 is 26.0. The van der Waals surface area contributed by atoms with Gasteiger partial charge in [0.25, 0.3) is 0 Å². The van der Waals surface area contributed by atoms with Gasteiger partial charge in [-0.2, -0.15) is 13.6 Å². The van der Waals surface area contributed by atoms with Gasteiger partial charge >= 0.3 is 7.94 Å². The highest BCUT2D eigenvalue weighted by atomic mass is 31.2. The van der Waals surface area contributed by atoms with Crippen LogP contribution in [0.2, 0.25) is 0 Å². The minimum atomic E-state index is -2.41. The molecule has 1 unspecified atom stereocenters. The molecule has 5 heteroatoms. The van der Waals surface area contributed by atoms with Crippen molar-refractivity contribution in [3.8, 4) is 5.75 Å². The van der Waals surface area contributed by atoms with Gasteiger partial charge in [-0.15, -0.1) is 0 Å². The maximum atomic E-state index is 6.72. The lowest BCUT2D eigenvalue weighted by molar-refractivity contribution is 0.116. The highest BCUT2D eigenvalue weighted by molar-refractivity contribution is 7.61. The zero-order chi connectivity index (χ0) is 35.2. The number of unbranched alkanes of at least 4 members (excludes halogenated alkanes) is 27. The molecule has 0 amide bonds. The van der Waals surface area contributed by atoms with Gasteiger partial charge in [0.15, 0.2) is 0 Å². The smallest absolute Gasteiger partial charge is 0.411 e. The van der Waals surface area contributed by atoms with Crippen LogP contribution in [0.4, 0.5) is 0 Å². The van der Waals surface area contributed by atoms with Crippen molar-refractivity contribution in [2.45, 2.75) is 213 Å². The molecule has 0 aliphatic carbocycles. The number of para-hydroxylation sites is 1. The molecule has 0 aliphatic rings. The number of benzene rings is 1. The van der Waals surface area contributed by atoms with Gasteiger partial charge in [0, 0.05) is 0 Å². The Bertz CT molecular complexity index is 763. The Balaban J connectivity index is 2.45. The quantitative estimate of drug-likeness (QED) is 0.0503. The molecule has 1 aromatic carbocycles. The van der Waals surface area contributed by atoms with Crippen molar-refractivity contribution in [2.24, 2.45) is 0 Å². The zero-order valence-electron chi connectivity index (χ0n) is 33.2. The summed E-state index contributed by atoms with van der Waals surface area (Å²) in [4.78, 5) is 0. The van der Waals surface area contributed by atoms with Crippen LogP contribution in [0.25, 0.3) is 0 Å². The first-order chi connectivity index (χ1) is 24.3. The minimum absolute atomic E-state index is 0.509. The summed E-state index contributed by atoms with van der Waals surface area (Å²) in [6.07, 6.45) is 41.0. The van der Waals surface area contributed by atoms with Crippen molar-refractivity contribution >= 4 is 7.94 Å². The normalized spacial score (nSPS) is 12.8. The van der Waals surface area contributed by atoms with Crippen molar-refractivity contribution in [1.82, 2.24) is 0 Å². The number of rotatable bonds is 40. The van der Waals surface area contributed by atoms with Crippen LogP contribution in [-0.4, -0.2) is 32.6 Å². The van der Waals surface area contributed by atoms with Gasteiger partial charge < -0.3 is 4.74 Å². The third-order valence-corrected chi connectivity index (χ3v) is 12.3. The van der Waals surface area contributed by atoms with Gasteiger partial charge in [0.05, 0.1) is 13.2 Å². The van der Waals surface area contributed by atoms with Gasteiger partial charge in [-0.25, -0.2) is 0 Å². The standard InChI is InChI=1S/C44H84O4P/c1-4-7-10-13-16-17-18-19-20-21-22-23-24-26-29-35-40-47-49(43-36-30-27-15-12-9-6-3,46-39-34-28-25-14-11-8-5-2)48-42-41-45-44-37-32-31-33-38-44/h31-33,37-38H,4-30,34-36,39-43H2,1-3H3/q+1. The lowest BCUT2D eigenvalue weighted by Gasteiger charge is -2.23. The average molecular weight is 708 g/mol. The highest BCUT2D eigenvalue weighted by Crippen LogP contribution is 2.63. The molecule has 0 fully saturated rings. The van der Waals surface area contributed by atoms with Crippen LogP contribution in [-0.2, 0) is 13.6 Å². The van der Waals surface area contributed by atoms with Gasteiger partial charge in [0.1, 0.15) is 25.1 Å². The van der Waals surface area contributed by atoms with Crippen LogP contribution in [0.5, 0.6) is 5.75 Å². The number of hydrogen-bond donors (Lipinski definition) is 0. The largest absolute Gasteiger partial charge is 0.491 e. The van der Waals surface area contributed by atoms with E-state index < -0.39 is 7.94 Å². The molecule has 1 rings (SSSR count). The molecule has 0 saturated heterocycles. The van der Waals surface area contributed by atoms with E-state index in [-0.39, 0.29) is 0 Å². The maximum absolute atomic E-state index is 6.72. The van der Waals surface area contributed by atoms with Crippen LogP contribution in [0, 0.1) is 0 Å². The second-order valence-corrected chi connectivity index (χ2v) is 17.0. The van der Waals surface area contributed by atoms with E-state index in [1.807, 2.05) is 30.3 Å². The van der Waals surface area contributed by atoms with E-state index in [9.17, 15) is 0 Å². The first kappa shape index (κ1) is 46.4. The van der Waals surface area contributed by atoms with E-state index >= 15 is 0 Å². The second kappa shape index (κ2) is 37.1. The van der Waals surface area contributed by atoms with Gasteiger partial charge in [0.2, 0.25) is 0 Å². The second-order valence-electron chi connectivity index (χ2n) is 14.5. The molecule has 0 aromatic heterocycles. The lowest BCUT2D eigenvalue weighted by atomic mass is 10.0. The molecule has 4 nitrogen and oxygen atoms in total. The minimum Gasteiger partial charge on any atom is -0.491 e. The Kier molecular flexibility index (Phi) is 35.1. The van der Waals surface area contributed by atoms with Crippen molar-refractivity contribution in [2.75, 3.05) is 32.6 Å². The molecule has 0 aliphatic heterocycles. The Morgan fingerprint density at radius 3 is 1.06 bits per heavy atom. The van der Waals surface area contributed by atoms with Crippen molar-refractivity contribution in [1.29, 1.82) is 0 Å².